The monoisotopic (exact) mass is 302 g/mol. The van der Waals surface area contributed by atoms with Gasteiger partial charge in [-0.15, -0.1) is 12.4 Å². The first-order valence-electron chi connectivity index (χ1n) is 3.97. The number of amides is 1. The molecule has 96 valence electrons. The van der Waals surface area contributed by atoms with Crippen LogP contribution >= 0.6 is 24.0 Å². The number of nitrogens with one attached hydrogen (secondary N) is 1. The van der Waals surface area contributed by atoms with Crippen LogP contribution in [0.15, 0.2) is 12.1 Å². The van der Waals surface area contributed by atoms with E-state index in [1.54, 1.807) is 0 Å². The molecule has 0 aliphatic rings. The number of halogens is 3. The number of benzene rings is 1. The summed E-state index contributed by atoms with van der Waals surface area (Å²) < 4.78 is 36.9. The summed E-state index contributed by atoms with van der Waals surface area (Å²) in [6, 6.07) is 1.76. The average molecular weight is 303 g/mol. The lowest BCUT2D eigenvalue weighted by Gasteiger charge is -2.07. The zero-order chi connectivity index (χ0) is 12.5. The lowest BCUT2D eigenvalue weighted by Crippen LogP contribution is -2.15. The van der Waals surface area contributed by atoms with Crippen molar-refractivity contribution in [2.24, 2.45) is 5.73 Å². The number of carbonyl (C=O) groups is 1. The van der Waals surface area contributed by atoms with Crippen molar-refractivity contribution < 1.29 is 17.6 Å². The third-order valence-corrected chi connectivity index (χ3v) is 2.52. The van der Waals surface area contributed by atoms with E-state index in [0.717, 1.165) is 18.4 Å². The molecule has 0 saturated carbocycles. The van der Waals surface area contributed by atoms with Crippen LogP contribution in [0.1, 0.15) is 10.4 Å². The molecular weight excluding hydrogens is 294 g/mol. The fraction of sp³-hybridized carbons (Fsp3) is 0.125. The van der Waals surface area contributed by atoms with Gasteiger partial charge >= 0.3 is 0 Å². The van der Waals surface area contributed by atoms with Gasteiger partial charge in [0.2, 0.25) is 15.9 Å². The van der Waals surface area contributed by atoms with E-state index in [1.165, 1.54) is 0 Å². The van der Waals surface area contributed by atoms with Crippen LogP contribution in [-0.4, -0.2) is 20.6 Å². The summed E-state index contributed by atoms with van der Waals surface area (Å²) >= 11 is 5.55. The zero-order valence-corrected chi connectivity index (χ0v) is 10.9. The fourth-order valence-electron chi connectivity index (χ4n) is 1.02. The van der Waals surface area contributed by atoms with E-state index in [9.17, 15) is 17.6 Å². The second-order valence-corrected chi connectivity index (χ2v) is 5.21. The van der Waals surface area contributed by atoms with E-state index in [4.69, 9.17) is 17.3 Å². The van der Waals surface area contributed by atoms with Gasteiger partial charge in [-0.3, -0.25) is 9.52 Å². The van der Waals surface area contributed by atoms with Crippen molar-refractivity contribution >= 4 is 45.6 Å². The van der Waals surface area contributed by atoms with Gasteiger partial charge in [-0.1, -0.05) is 11.6 Å². The van der Waals surface area contributed by atoms with Crippen molar-refractivity contribution in [3.8, 4) is 0 Å². The largest absolute Gasteiger partial charge is 0.366 e. The van der Waals surface area contributed by atoms with Gasteiger partial charge in [0.15, 0.2) is 0 Å². The second kappa shape index (κ2) is 5.52. The Labute approximate surface area is 109 Å². The van der Waals surface area contributed by atoms with E-state index in [2.05, 4.69) is 0 Å². The van der Waals surface area contributed by atoms with Crippen molar-refractivity contribution in [2.75, 3.05) is 11.0 Å². The van der Waals surface area contributed by atoms with Crippen LogP contribution in [-0.2, 0) is 10.0 Å². The molecule has 1 aromatic carbocycles. The third kappa shape index (κ3) is 4.37. The molecule has 0 heterocycles. The van der Waals surface area contributed by atoms with E-state index < -0.39 is 21.7 Å². The Kier molecular flexibility index (Phi) is 5.18. The smallest absolute Gasteiger partial charge is 0.250 e. The van der Waals surface area contributed by atoms with Crippen molar-refractivity contribution in [1.29, 1.82) is 0 Å². The number of nitrogens with two attached hydrogens (primary N) is 1. The number of sulfonamides is 1. The highest BCUT2D eigenvalue weighted by Gasteiger charge is 2.14. The summed E-state index contributed by atoms with van der Waals surface area (Å²) in [6.07, 6.45) is 0.852. The maximum atomic E-state index is 13.3. The van der Waals surface area contributed by atoms with Crippen molar-refractivity contribution in [3.05, 3.63) is 28.5 Å². The van der Waals surface area contributed by atoms with Crippen molar-refractivity contribution in [2.45, 2.75) is 0 Å². The van der Waals surface area contributed by atoms with Gasteiger partial charge in [-0.2, -0.15) is 0 Å². The Morgan fingerprint density at radius 1 is 1.47 bits per heavy atom. The topological polar surface area (TPSA) is 89.3 Å². The van der Waals surface area contributed by atoms with E-state index >= 15 is 0 Å². The minimum Gasteiger partial charge on any atom is -0.366 e. The summed E-state index contributed by atoms with van der Waals surface area (Å²) in [7, 11) is -3.64. The highest BCUT2D eigenvalue weighted by molar-refractivity contribution is 7.92. The van der Waals surface area contributed by atoms with Crippen LogP contribution < -0.4 is 10.5 Å². The molecule has 0 fully saturated rings. The summed E-state index contributed by atoms with van der Waals surface area (Å²) in [5.41, 5.74) is 4.44. The molecule has 1 aromatic rings. The predicted molar refractivity (Wildman–Crippen MR) is 65.6 cm³/mol. The minimum absolute atomic E-state index is 0. The maximum absolute atomic E-state index is 13.3. The molecule has 0 aromatic heterocycles. The molecule has 0 saturated heterocycles. The highest BCUT2D eigenvalue weighted by Crippen LogP contribution is 2.24. The van der Waals surface area contributed by atoms with E-state index in [-0.39, 0.29) is 28.7 Å². The molecule has 0 spiro atoms. The standard InChI is InChI=1S/C8H8ClFN2O3S.ClH/c1-16(14,15)12-7-2-4(8(11)13)5(9)3-6(7)10;/h2-3,12H,1H3,(H2,11,13);1H. The highest BCUT2D eigenvalue weighted by atomic mass is 35.5. The van der Waals surface area contributed by atoms with Crippen molar-refractivity contribution in [1.82, 2.24) is 0 Å². The third-order valence-electron chi connectivity index (χ3n) is 1.62. The molecule has 0 bridgehead atoms. The number of anilines is 1. The Bertz CT molecular complexity index is 548. The van der Waals surface area contributed by atoms with E-state index in [1.807, 2.05) is 4.72 Å². The van der Waals surface area contributed by atoms with Gasteiger partial charge in [-0.25, -0.2) is 12.8 Å². The SMILES string of the molecule is CS(=O)(=O)Nc1cc(C(N)=O)c(Cl)cc1F.Cl. The molecule has 17 heavy (non-hydrogen) atoms. The maximum Gasteiger partial charge on any atom is 0.250 e. The lowest BCUT2D eigenvalue weighted by atomic mass is 10.2. The van der Waals surface area contributed by atoms with E-state index in [0.29, 0.717) is 0 Å². The Morgan fingerprint density at radius 2 is 2.00 bits per heavy atom. The number of hydrogen-bond donors (Lipinski definition) is 2. The first kappa shape index (κ1) is 16.0. The molecule has 0 radical (unpaired) electrons. The van der Waals surface area contributed by atoms with Crippen molar-refractivity contribution in [3.63, 3.8) is 0 Å². The average Bonchev–Trinajstić information content (AvgIpc) is 2.07. The Hall–Kier alpha value is -1.05. The van der Waals surface area contributed by atoms with Gasteiger partial charge < -0.3 is 5.73 Å². The van der Waals surface area contributed by atoms with Gasteiger partial charge in [0.1, 0.15) is 5.82 Å². The summed E-state index contributed by atoms with van der Waals surface area (Å²) in [5.74, 6) is -1.76. The summed E-state index contributed by atoms with van der Waals surface area (Å²) in [4.78, 5) is 10.9. The molecule has 3 N–H and O–H groups in total. The normalized spacial score (nSPS) is 10.5. The minimum atomic E-state index is -3.64. The van der Waals surface area contributed by atoms with Gasteiger partial charge in [0.25, 0.3) is 0 Å². The lowest BCUT2D eigenvalue weighted by molar-refractivity contribution is 0.100. The van der Waals surface area contributed by atoms with Crippen LogP contribution in [0.4, 0.5) is 10.1 Å². The first-order valence-corrected chi connectivity index (χ1v) is 6.24. The van der Waals surface area contributed by atoms with Gasteiger partial charge in [0.05, 0.1) is 22.5 Å². The van der Waals surface area contributed by atoms with Crippen LogP contribution in [0.25, 0.3) is 0 Å². The molecule has 0 unspecified atom stereocenters. The summed E-state index contributed by atoms with van der Waals surface area (Å²) in [5, 5.41) is -0.177. The fourth-order valence-corrected chi connectivity index (χ4v) is 1.82. The Morgan fingerprint density at radius 3 is 2.41 bits per heavy atom. The van der Waals surface area contributed by atoms with Crippen LogP contribution in [0.2, 0.25) is 5.02 Å². The number of primary amides is 1. The predicted octanol–water partition coefficient (Wildman–Crippen LogP) is 1.37. The molecular formula is C8H9Cl2FN2O3S. The molecule has 9 heteroatoms. The van der Waals surface area contributed by atoms with Crippen LogP contribution in [0, 0.1) is 5.82 Å². The Balaban J connectivity index is 0.00000256. The molecule has 0 aliphatic heterocycles. The first-order chi connectivity index (χ1) is 7.20. The molecule has 1 amide bonds. The van der Waals surface area contributed by atoms with Gasteiger partial charge in [-0.05, 0) is 12.1 Å². The molecule has 5 nitrogen and oxygen atoms in total. The van der Waals surface area contributed by atoms with Crippen LogP contribution in [0.5, 0.6) is 0 Å². The van der Waals surface area contributed by atoms with Gasteiger partial charge in [0, 0.05) is 0 Å². The molecule has 0 atom stereocenters. The summed E-state index contributed by atoms with van der Waals surface area (Å²) in [6.45, 7) is 0. The number of rotatable bonds is 3. The number of carbonyl (C=O) groups excluding carboxylic acids is 1. The number of hydrogen-bond acceptors (Lipinski definition) is 3. The second-order valence-electron chi connectivity index (χ2n) is 3.05. The molecule has 0 aliphatic carbocycles. The molecule has 1 rings (SSSR count). The quantitative estimate of drug-likeness (QED) is 0.883. The zero-order valence-electron chi connectivity index (χ0n) is 8.53. The van der Waals surface area contributed by atoms with Crippen LogP contribution in [0.3, 0.4) is 0 Å².